The predicted molar refractivity (Wildman–Crippen MR) is 153 cm³/mol. The highest BCUT2D eigenvalue weighted by atomic mass is 19.2. The van der Waals surface area contributed by atoms with Crippen LogP contribution in [-0.2, 0) is 6.42 Å². The molecule has 1 aliphatic rings. The number of hydrogen-bond donors (Lipinski definition) is 0. The van der Waals surface area contributed by atoms with Crippen LogP contribution in [0.25, 0.3) is 16.7 Å². The van der Waals surface area contributed by atoms with Gasteiger partial charge in [0.1, 0.15) is 5.75 Å². The molecule has 0 bridgehead atoms. The summed E-state index contributed by atoms with van der Waals surface area (Å²) >= 11 is 0. The average molecular weight is 537 g/mol. The Balaban J connectivity index is 1.32. The van der Waals surface area contributed by atoms with Gasteiger partial charge in [0.2, 0.25) is 0 Å². The summed E-state index contributed by atoms with van der Waals surface area (Å²) in [6.45, 7) is 5.34. The number of aryl methyl sites for hydroxylation is 1. The Morgan fingerprint density at radius 1 is 0.795 bits per heavy atom. The first-order valence-corrected chi connectivity index (χ1v) is 14.3. The minimum absolute atomic E-state index is 0.260. The third-order valence-electron chi connectivity index (χ3n) is 7.49. The summed E-state index contributed by atoms with van der Waals surface area (Å²) in [5, 5.41) is 0. The van der Waals surface area contributed by atoms with Gasteiger partial charge in [-0.05, 0) is 97.4 Å². The lowest BCUT2D eigenvalue weighted by atomic mass is 9.83. The average Bonchev–Trinajstić information content (AvgIpc) is 2.96. The van der Waals surface area contributed by atoms with Gasteiger partial charge in [0, 0.05) is 5.56 Å². The summed E-state index contributed by atoms with van der Waals surface area (Å²) in [6, 6.07) is 15.7. The molecule has 1 unspecified atom stereocenters. The Bertz CT molecular complexity index is 1250. The van der Waals surface area contributed by atoms with Crippen LogP contribution in [-0.4, -0.2) is 13.2 Å². The van der Waals surface area contributed by atoms with Crippen molar-refractivity contribution >= 4 is 5.57 Å². The van der Waals surface area contributed by atoms with Crippen LogP contribution in [0.2, 0.25) is 0 Å². The summed E-state index contributed by atoms with van der Waals surface area (Å²) in [5.74, 6) is -0.480. The van der Waals surface area contributed by atoms with Crippen molar-refractivity contribution < 1.29 is 22.6 Å². The Kier molecular flexibility index (Phi) is 10.5. The zero-order valence-electron chi connectivity index (χ0n) is 23.1. The molecule has 0 radical (unpaired) electrons. The fraction of sp³-hybridized carbons (Fsp3) is 0.412. The van der Waals surface area contributed by atoms with Gasteiger partial charge in [0.05, 0.1) is 13.2 Å². The summed E-state index contributed by atoms with van der Waals surface area (Å²) in [7, 11) is 0. The quantitative estimate of drug-likeness (QED) is 0.202. The molecule has 3 aromatic rings. The molecule has 0 aliphatic heterocycles. The Labute approximate surface area is 230 Å². The van der Waals surface area contributed by atoms with Crippen LogP contribution in [0.1, 0.15) is 76.3 Å². The van der Waals surface area contributed by atoms with Crippen LogP contribution in [0.15, 0.2) is 60.7 Å². The lowest BCUT2D eigenvalue weighted by molar-refractivity contribution is 0.294. The van der Waals surface area contributed by atoms with Gasteiger partial charge >= 0.3 is 0 Å². The number of hydrogen-bond acceptors (Lipinski definition) is 2. The molecule has 1 atom stereocenters. The maximum atomic E-state index is 15.0. The van der Waals surface area contributed by atoms with Crippen molar-refractivity contribution in [3.05, 3.63) is 89.3 Å². The molecular formula is C34H39F3O2. The first kappa shape index (κ1) is 28.8. The van der Waals surface area contributed by atoms with E-state index in [4.69, 9.17) is 9.47 Å². The smallest absolute Gasteiger partial charge is 0.166 e. The van der Waals surface area contributed by atoms with E-state index in [-0.39, 0.29) is 11.4 Å². The Morgan fingerprint density at radius 2 is 1.51 bits per heavy atom. The molecular weight excluding hydrogens is 497 g/mol. The second-order valence-corrected chi connectivity index (χ2v) is 10.4. The second-order valence-electron chi connectivity index (χ2n) is 10.4. The molecule has 208 valence electrons. The third-order valence-corrected chi connectivity index (χ3v) is 7.49. The molecule has 0 heterocycles. The second kappa shape index (κ2) is 14.3. The van der Waals surface area contributed by atoms with E-state index in [2.05, 4.69) is 19.9 Å². The normalized spacial score (nSPS) is 15.2. The molecule has 39 heavy (non-hydrogen) atoms. The van der Waals surface area contributed by atoms with E-state index >= 15 is 0 Å². The minimum Gasteiger partial charge on any atom is -0.494 e. The molecule has 0 saturated heterocycles. The Hall–Kier alpha value is -3.21. The van der Waals surface area contributed by atoms with E-state index in [9.17, 15) is 13.2 Å². The fourth-order valence-corrected chi connectivity index (χ4v) is 4.99. The highest BCUT2D eigenvalue weighted by Gasteiger charge is 2.19. The van der Waals surface area contributed by atoms with Crippen LogP contribution in [0.4, 0.5) is 13.2 Å². The van der Waals surface area contributed by atoms with Crippen LogP contribution < -0.4 is 9.47 Å². The number of allylic oxidation sites excluding steroid dienone is 2. The molecule has 0 spiro atoms. The van der Waals surface area contributed by atoms with E-state index in [1.807, 2.05) is 6.07 Å². The van der Waals surface area contributed by atoms with Gasteiger partial charge in [-0.1, -0.05) is 63.1 Å². The molecule has 0 N–H and O–H groups in total. The zero-order chi connectivity index (χ0) is 27.6. The molecule has 1 aliphatic carbocycles. The maximum absolute atomic E-state index is 15.0. The summed E-state index contributed by atoms with van der Waals surface area (Å²) in [4.78, 5) is 0. The minimum atomic E-state index is -0.804. The first-order valence-electron chi connectivity index (χ1n) is 14.3. The highest BCUT2D eigenvalue weighted by Crippen LogP contribution is 2.35. The lowest BCUT2D eigenvalue weighted by Gasteiger charge is -2.22. The highest BCUT2D eigenvalue weighted by molar-refractivity contribution is 5.67. The van der Waals surface area contributed by atoms with Crippen molar-refractivity contribution in [3.63, 3.8) is 0 Å². The van der Waals surface area contributed by atoms with Gasteiger partial charge in [0.25, 0.3) is 0 Å². The van der Waals surface area contributed by atoms with E-state index in [0.29, 0.717) is 42.4 Å². The van der Waals surface area contributed by atoms with E-state index in [0.717, 1.165) is 68.3 Å². The Morgan fingerprint density at radius 3 is 2.18 bits per heavy atom. The van der Waals surface area contributed by atoms with E-state index in [1.54, 1.807) is 48.5 Å². The van der Waals surface area contributed by atoms with Crippen molar-refractivity contribution in [1.82, 2.24) is 0 Å². The van der Waals surface area contributed by atoms with Crippen molar-refractivity contribution in [2.24, 2.45) is 5.92 Å². The first-order chi connectivity index (χ1) is 19.0. The van der Waals surface area contributed by atoms with Gasteiger partial charge in [0.15, 0.2) is 23.2 Å². The largest absolute Gasteiger partial charge is 0.494 e. The number of ether oxygens (including phenoxy) is 2. The molecule has 3 aromatic carbocycles. The van der Waals surface area contributed by atoms with Crippen molar-refractivity contribution in [1.29, 1.82) is 0 Å². The standard InChI is InChI=1S/C34H39F3O2/c1-3-5-21-38-29-17-13-26(14-18-29)30-19-15-27(33(36)34(30)37)12-9-24-7-10-25(11-8-24)28-16-20-32(31(35)23-28)39-22-6-4-2/h10,13-20,23-24H,3-9,11-12,21-22H2,1-2H3. The zero-order valence-corrected chi connectivity index (χ0v) is 23.1. The number of benzene rings is 3. The SMILES string of the molecule is CCCCOc1ccc(-c2ccc(CCC3CC=C(c4ccc(OCCCC)c(F)c4)CC3)c(F)c2F)cc1. The number of halogens is 3. The van der Waals surface area contributed by atoms with Crippen LogP contribution >= 0.6 is 0 Å². The topological polar surface area (TPSA) is 18.5 Å². The summed E-state index contributed by atoms with van der Waals surface area (Å²) in [6.07, 6.45) is 9.99. The molecule has 0 saturated carbocycles. The predicted octanol–water partition coefficient (Wildman–Crippen LogP) is 9.94. The summed E-state index contributed by atoms with van der Waals surface area (Å²) < 4.78 is 55.6. The van der Waals surface area contributed by atoms with Crippen LogP contribution in [0.3, 0.4) is 0 Å². The van der Waals surface area contributed by atoms with Gasteiger partial charge in [-0.15, -0.1) is 0 Å². The summed E-state index contributed by atoms with van der Waals surface area (Å²) in [5.41, 5.74) is 3.32. The monoisotopic (exact) mass is 536 g/mol. The lowest BCUT2D eigenvalue weighted by Crippen LogP contribution is -2.08. The molecule has 5 heteroatoms. The number of unbranched alkanes of at least 4 members (excludes halogenated alkanes) is 2. The van der Waals surface area contributed by atoms with Crippen LogP contribution in [0, 0.1) is 23.4 Å². The maximum Gasteiger partial charge on any atom is 0.166 e. The third kappa shape index (κ3) is 7.68. The van der Waals surface area contributed by atoms with Crippen molar-refractivity contribution in [3.8, 4) is 22.6 Å². The molecule has 0 fully saturated rings. The molecule has 2 nitrogen and oxygen atoms in total. The van der Waals surface area contributed by atoms with Crippen molar-refractivity contribution in [2.75, 3.05) is 13.2 Å². The number of rotatable bonds is 13. The van der Waals surface area contributed by atoms with Gasteiger partial charge in [-0.25, -0.2) is 13.2 Å². The molecule has 4 rings (SSSR count). The van der Waals surface area contributed by atoms with E-state index in [1.165, 1.54) is 0 Å². The fourth-order valence-electron chi connectivity index (χ4n) is 4.99. The van der Waals surface area contributed by atoms with Gasteiger partial charge in [-0.2, -0.15) is 0 Å². The van der Waals surface area contributed by atoms with E-state index < -0.39 is 11.6 Å². The van der Waals surface area contributed by atoms with Gasteiger partial charge in [-0.3, -0.25) is 0 Å². The van der Waals surface area contributed by atoms with Crippen molar-refractivity contribution in [2.45, 2.75) is 71.6 Å². The molecule has 0 amide bonds. The van der Waals surface area contributed by atoms with Gasteiger partial charge < -0.3 is 9.47 Å². The molecule has 0 aromatic heterocycles. The van der Waals surface area contributed by atoms with Crippen LogP contribution in [0.5, 0.6) is 11.5 Å².